The molecule has 5 nitrogen and oxygen atoms in total. The summed E-state index contributed by atoms with van der Waals surface area (Å²) in [7, 11) is 1.60. The third-order valence-corrected chi connectivity index (χ3v) is 4.50. The standard InChI is InChI=1S/C23H21N3O2/c1-17-14-25-26(20-10-13-22(27-2)24-15-20)23(17)19-8-11-21(12-9-19)28-16-18-6-4-3-5-7-18/h3-15H,16H2,1-2H3. The number of ether oxygens (including phenoxy) is 2. The van der Waals surface area contributed by atoms with Crippen LogP contribution in [-0.4, -0.2) is 21.9 Å². The van der Waals surface area contributed by atoms with Crippen LogP contribution in [0.4, 0.5) is 0 Å². The molecular formula is C23H21N3O2. The van der Waals surface area contributed by atoms with E-state index in [1.807, 2.05) is 53.3 Å². The van der Waals surface area contributed by atoms with E-state index in [1.165, 1.54) is 0 Å². The molecule has 0 aliphatic rings. The molecule has 2 heterocycles. The zero-order valence-corrected chi connectivity index (χ0v) is 15.9. The Balaban J connectivity index is 1.56. The Labute approximate surface area is 164 Å². The summed E-state index contributed by atoms with van der Waals surface area (Å²) >= 11 is 0. The summed E-state index contributed by atoms with van der Waals surface area (Å²) in [5, 5.41) is 4.52. The van der Waals surface area contributed by atoms with E-state index in [2.05, 4.69) is 41.3 Å². The van der Waals surface area contributed by atoms with Crippen molar-refractivity contribution in [3.05, 3.63) is 90.3 Å². The molecule has 0 spiro atoms. The quantitative estimate of drug-likeness (QED) is 0.487. The fourth-order valence-corrected chi connectivity index (χ4v) is 3.04. The molecular weight excluding hydrogens is 350 g/mol. The van der Waals surface area contributed by atoms with Crippen molar-refractivity contribution in [3.63, 3.8) is 0 Å². The number of aryl methyl sites for hydroxylation is 1. The molecule has 0 saturated heterocycles. The first-order chi connectivity index (χ1) is 13.7. The van der Waals surface area contributed by atoms with Gasteiger partial charge >= 0.3 is 0 Å². The molecule has 5 heteroatoms. The van der Waals surface area contributed by atoms with Gasteiger partial charge in [0.2, 0.25) is 5.88 Å². The van der Waals surface area contributed by atoms with Gasteiger partial charge in [-0.25, -0.2) is 9.67 Å². The molecule has 0 N–H and O–H groups in total. The van der Waals surface area contributed by atoms with Crippen molar-refractivity contribution >= 4 is 0 Å². The topological polar surface area (TPSA) is 49.2 Å². The number of hydrogen-bond donors (Lipinski definition) is 0. The van der Waals surface area contributed by atoms with Crippen LogP contribution in [0.5, 0.6) is 11.6 Å². The van der Waals surface area contributed by atoms with E-state index in [0.717, 1.165) is 33.8 Å². The van der Waals surface area contributed by atoms with E-state index in [-0.39, 0.29) is 0 Å². The smallest absolute Gasteiger partial charge is 0.213 e. The predicted molar refractivity (Wildman–Crippen MR) is 109 cm³/mol. The molecule has 4 aromatic rings. The first-order valence-electron chi connectivity index (χ1n) is 9.07. The number of hydrogen-bond acceptors (Lipinski definition) is 4. The number of rotatable bonds is 6. The molecule has 0 amide bonds. The van der Waals surface area contributed by atoms with E-state index in [1.54, 1.807) is 13.3 Å². The van der Waals surface area contributed by atoms with Gasteiger partial charge < -0.3 is 9.47 Å². The van der Waals surface area contributed by atoms with Gasteiger partial charge in [-0.1, -0.05) is 30.3 Å². The van der Waals surface area contributed by atoms with Gasteiger partial charge in [0.15, 0.2) is 0 Å². The Hall–Kier alpha value is -3.60. The molecule has 0 bridgehead atoms. The minimum Gasteiger partial charge on any atom is -0.489 e. The summed E-state index contributed by atoms with van der Waals surface area (Å²) in [5.74, 6) is 1.41. The molecule has 0 saturated carbocycles. The van der Waals surface area contributed by atoms with E-state index < -0.39 is 0 Å². The Morgan fingerprint density at radius 1 is 0.893 bits per heavy atom. The monoisotopic (exact) mass is 371 g/mol. The van der Waals surface area contributed by atoms with E-state index in [0.29, 0.717) is 12.5 Å². The van der Waals surface area contributed by atoms with E-state index in [9.17, 15) is 0 Å². The van der Waals surface area contributed by atoms with E-state index >= 15 is 0 Å². The molecule has 0 radical (unpaired) electrons. The van der Waals surface area contributed by atoms with Crippen LogP contribution in [0.2, 0.25) is 0 Å². The van der Waals surface area contributed by atoms with Crippen LogP contribution in [0.15, 0.2) is 79.1 Å². The number of nitrogens with zero attached hydrogens (tertiary/aromatic N) is 3. The Morgan fingerprint density at radius 3 is 2.36 bits per heavy atom. The second-order valence-corrected chi connectivity index (χ2v) is 6.45. The highest BCUT2D eigenvalue weighted by molar-refractivity contribution is 5.66. The average Bonchev–Trinajstić information content (AvgIpc) is 3.15. The summed E-state index contributed by atoms with van der Waals surface area (Å²) < 4.78 is 12.9. The second kappa shape index (κ2) is 7.96. The van der Waals surface area contributed by atoms with Crippen LogP contribution in [0.3, 0.4) is 0 Å². The molecule has 140 valence electrons. The molecule has 28 heavy (non-hydrogen) atoms. The summed E-state index contributed by atoms with van der Waals surface area (Å²) in [5.41, 5.74) is 5.22. The van der Waals surface area contributed by atoms with Gasteiger partial charge in [-0.05, 0) is 48.4 Å². The van der Waals surface area contributed by atoms with Crippen molar-refractivity contribution in [2.75, 3.05) is 7.11 Å². The minimum atomic E-state index is 0.550. The first-order valence-corrected chi connectivity index (χ1v) is 9.07. The van der Waals surface area contributed by atoms with Crippen LogP contribution < -0.4 is 9.47 Å². The lowest BCUT2D eigenvalue weighted by molar-refractivity contribution is 0.306. The molecule has 0 aliphatic heterocycles. The van der Waals surface area contributed by atoms with Gasteiger partial charge in [0.05, 0.1) is 30.9 Å². The fourth-order valence-electron chi connectivity index (χ4n) is 3.04. The van der Waals surface area contributed by atoms with Crippen molar-refractivity contribution in [2.24, 2.45) is 0 Å². The van der Waals surface area contributed by atoms with Crippen LogP contribution >= 0.6 is 0 Å². The lowest BCUT2D eigenvalue weighted by Crippen LogP contribution is -2.01. The van der Waals surface area contributed by atoms with Crippen molar-refractivity contribution in [2.45, 2.75) is 13.5 Å². The fraction of sp³-hybridized carbons (Fsp3) is 0.130. The Kier molecular flexibility index (Phi) is 5.06. The maximum absolute atomic E-state index is 5.89. The summed E-state index contributed by atoms with van der Waals surface area (Å²) in [6, 6.07) is 22.0. The van der Waals surface area contributed by atoms with Crippen molar-refractivity contribution in [1.29, 1.82) is 0 Å². The Morgan fingerprint density at radius 2 is 1.68 bits per heavy atom. The molecule has 0 unspecified atom stereocenters. The summed E-state index contributed by atoms with van der Waals surface area (Å²) in [6.07, 6.45) is 3.62. The maximum atomic E-state index is 5.89. The molecule has 4 rings (SSSR count). The minimum absolute atomic E-state index is 0.550. The summed E-state index contributed by atoms with van der Waals surface area (Å²) in [4.78, 5) is 4.28. The van der Waals surface area contributed by atoms with Crippen LogP contribution in [0.25, 0.3) is 16.9 Å². The van der Waals surface area contributed by atoms with Crippen LogP contribution in [-0.2, 0) is 6.61 Å². The summed E-state index contributed by atoms with van der Waals surface area (Å²) in [6.45, 7) is 2.60. The third-order valence-electron chi connectivity index (χ3n) is 4.50. The predicted octanol–water partition coefficient (Wildman–Crippen LogP) is 4.83. The van der Waals surface area contributed by atoms with Crippen LogP contribution in [0, 0.1) is 6.92 Å². The highest BCUT2D eigenvalue weighted by atomic mass is 16.5. The first kappa shape index (κ1) is 17.8. The van der Waals surface area contributed by atoms with Gasteiger partial charge in [0.25, 0.3) is 0 Å². The molecule has 0 atom stereocenters. The molecule has 0 fully saturated rings. The highest BCUT2D eigenvalue weighted by Crippen LogP contribution is 2.28. The molecule has 2 aromatic carbocycles. The molecule has 0 aliphatic carbocycles. The number of aromatic nitrogens is 3. The maximum Gasteiger partial charge on any atom is 0.213 e. The van der Waals surface area contributed by atoms with Gasteiger partial charge in [-0.2, -0.15) is 5.10 Å². The zero-order valence-electron chi connectivity index (χ0n) is 15.9. The largest absolute Gasteiger partial charge is 0.489 e. The number of methoxy groups -OCH3 is 1. The number of benzene rings is 2. The highest BCUT2D eigenvalue weighted by Gasteiger charge is 2.12. The zero-order chi connectivity index (χ0) is 19.3. The lowest BCUT2D eigenvalue weighted by Gasteiger charge is -2.11. The number of pyridine rings is 1. The van der Waals surface area contributed by atoms with Gasteiger partial charge in [-0.3, -0.25) is 0 Å². The van der Waals surface area contributed by atoms with Crippen molar-refractivity contribution in [3.8, 4) is 28.6 Å². The lowest BCUT2D eigenvalue weighted by atomic mass is 10.1. The Bertz CT molecular complexity index is 1040. The SMILES string of the molecule is COc1ccc(-n2ncc(C)c2-c2ccc(OCc3ccccc3)cc2)cn1. The van der Waals surface area contributed by atoms with Gasteiger partial charge in [0.1, 0.15) is 12.4 Å². The van der Waals surface area contributed by atoms with E-state index in [4.69, 9.17) is 9.47 Å². The van der Waals surface area contributed by atoms with Gasteiger partial charge in [0, 0.05) is 11.6 Å². The second-order valence-electron chi connectivity index (χ2n) is 6.45. The van der Waals surface area contributed by atoms with Crippen LogP contribution in [0.1, 0.15) is 11.1 Å². The van der Waals surface area contributed by atoms with Gasteiger partial charge in [-0.15, -0.1) is 0 Å². The van der Waals surface area contributed by atoms with Crippen molar-refractivity contribution in [1.82, 2.24) is 14.8 Å². The molecule has 2 aromatic heterocycles. The normalized spacial score (nSPS) is 10.6. The third kappa shape index (κ3) is 3.74. The average molecular weight is 371 g/mol. The van der Waals surface area contributed by atoms with Crippen molar-refractivity contribution < 1.29 is 9.47 Å².